The van der Waals surface area contributed by atoms with Gasteiger partial charge in [0.25, 0.3) is 0 Å². The van der Waals surface area contributed by atoms with Crippen molar-refractivity contribution >= 4 is 27.0 Å². The van der Waals surface area contributed by atoms with Crippen LogP contribution in [0.15, 0.2) is 24.3 Å². The van der Waals surface area contributed by atoms with E-state index in [2.05, 4.69) is 33.6 Å². The van der Waals surface area contributed by atoms with Crippen molar-refractivity contribution in [3.05, 3.63) is 35.4 Å². The summed E-state index contributed by atoms with van der Waals surface area (Å²) in [7, 11) is 2.42. The highest BCUT2D eigenvalue weighted by atomic mass is 31.0. The molecule has 5 N–H and O–H groups in total. The molecule has 1 aromatic carbocycles. The number of hydrogen-bond donors (Lipinski definition) is 4. The summed E-state index contributed by atoms with van der Waals surface area (Å²) < 4.78 is 0. The number of amidine groups is 1. The molecule has 148 valence electrons. The van der Waals surface area contributed by atoms with Crippen LogP contribution in [-0.2, 0) is 16.1 Å². The van der Waals surface area contributed by atoms with Gasteiger partial charge in [-0.1, -0.05) is 47.5 Å². The Balaban J connectivity index is 1.96. The first-order valence-electron chi connectivity index (χ1n) is 9.31. The molecule has 1 fully saturated rings. The summed E-state index contributed by atoms with van der Waals surface area (Å²) >= 11 is 0. The zero-order valence-corrected chi connectivity index (χ0v) is 17.2. The van der Waals surface area contributed by atoms with Gasteiger partial charge in [-0.05, 0) is 30.7 Å². The first-order valence-corrected chi connectivity index (χ1v) is 9.88. The van der Waals surface area contributed by atoms with Crippen molar-refractivity contribution in [3.8, 4) is 0 Å². The van der Waals surface area contributed by atoms with E-state index in [-0.39, 0.29) is 23.7 Å². The molecule has 0 bridgehead atoms. The van der Waals surface area contributed by atoms with Crippen molar-refractivity contribution in [2.75, 3.05) is 6.54 Å². The Hall–Kier alpha value is -1.98. The third-order valence-corrected chi connectivity index (χ3v) is 5.18. The summed E-state index contributed by atoms with van der Waals surface area (Å²) in [4.78, 5) is 27.2. The summed E-state index contributed by atoms with van der Waals surface area (Å²) in [5, 5.41) is 13.3. The SMILES string of the molecule is CC(C)CC(NP)C(=O)N1CCCC1C(=O)NCc1ccc(C(=N)N)cc1. The highest BCUT2D eigenvalue weighted by molar-refractivity contribution is 7.13. The van der Waals surface area contributed by atoms with E-state index in [4.69, 9.17) is 11.1 Å². The van der Waals surface area contributed by atoms with Gasteiger partial charge in [-0.3, -0.25) is 20.1 Å². The molecule has 0 aromatic heterocycles. The zero-order chi connectivity index (χ0) is 20.0. The van der Waals surface area contributed by atoms with Gasteiger partial charge < -0.3 is 16.0 Å². The predicted molar refractivity (Wildman–Crippen MR) is 110 cm³/mol. The molecule has 1 heterocycles. The van der Waals surface area contributed by atoms with Crippen LogP contribution in [0.1, 0.15) is 44.2 Å². The van der Waals surface area contributed by atoms with Gasteiger partial charge in [-0.15, -0.1) is 0 Å². The summed E-state index contributed by atoms with van der Waals surface area (Å²) in [6.45, 7) is 5.15. The Morgan fingerprint density at radius 1 is 1.33 bits per heavy atom. The number of nitrogen functional groups attached to an aromatic ring is 1. The van der Waals surface area contributed by atoms with Crippen molar-refractivity contribution < 1.29 is 9.59 Å². The lowest BCUT2D eigenvalue weighted by atomic mass is 10.0. The number of hydrogen-bond acceptors (Lipinski definition) is 4. The minimum absolute atomic E-state index is 0.0119. The molecule has 1 aromatic rings. The van der Waals surface area contributed by atoms with E-state index in [0.717, 1.165) is 18.4 Å². The van der Waals surface area contributed by atoms with E-state index < -0.39 is 6.04 Å². The van der Waals surface area contributed by atoms with Crippen molar-refractivity contribution in [1.82, 2.24) is 15.3 Å². The average Bonchev–Trinajstić information content (AvgIpc) is 3.13. The normalized spacial score (nSPS) is 17.8. The third kappa shape index (κ3) is 5.75. The molecule has 8 heteroatoms. The van der Waals surface area contributed by atoms with Crippen molar-refractivity contribution in [2.24, 2.45) is 11.7 Å². The van der Waals surface area contributed by atoms with Crippen LogP contribution < -0.4 is 16.1 Å². The van der Waals surface area contributed by atoms with Crippen LogP contribution in [0.4, 0.5) is 0 Å². The standard InChI is InChI=1S/C19H30N5O2P/c1-12(2)10-15(23-27)19(26)24-9-3-4-16(24)18(25)22-11-13-5-7-14(8-6-13)17(20)21/h5-8,12,15-16,23H,3-4,9-11,27H2,1-2H3,(H3,20,21)(H,22,25). The van der Waals surface area contributed by atoms with Crippen LogP contribution in [0, 0.1) is 11.3 Å². The molecule has 3 unspecified atom stereocenters. The quantitative estimate of drug-likeness (QED) is 0.305. The molecule has 0 saturated carbocycles. The fraction of sp³-hybridized carbons (Fsp3) is 0.526. The maximum absolute atomic E-state index is 12.8. The fourth-order valence-corrected chi connectivity index (χ4v) is 3.60. The van der Waals surface area contributed by atoms with Gasteiger partial charge in [-0.2, -0.15) is 0 Å². The van der Waals surface area contributed by atoms with E-state index in [1.54, 1.807) is 17.0 Å². The van der Waals surface area contributed by atoms with Gasteiger partial charge in [0.15, 0.2) is 0 Å². The molecule has 1 aliphatic rings. The Morgan fingerprint density at radius 2 is 2.00 bits per heavy atom. The number of nitrogens with two attached hydrogens (primary N) is 1. The number of nitrogens with zero attached hydrogens (tertiary/aromatic N) is 1. The topological polar surface area (TPSA) is 111 Å². The molecule has 0 radical (unpaired) electrons. The predicted octanol–water partition coefficient (Wildman–Crippen LogP) is 1.37. The smallest absolute Gasteiger partial charge is 0.243 e. The lowest BCUT2D eigenvalue weighted by molar-refractivity contribution is -0.140. The van der Waals surface area contributed by atoms with Gasteiger partial charge in [-0.25, -0.2) is 0 Å². The second-order valence-electron chi connectivity index (χ2n) is 7.37. The van der Waals surface area contributed by atoms with E-state index in [9.17, 15) is 9.59 Å². The zero-order valence-electron chi connectivity index (χ0n) is 16.0. The maximum Gasteiger partial charge on any atom is 0.243 e. The van der Waals surface area contributed by atoms with Crippen LogP contribution >= 0.6 is 9.39 Å². The number of carbonyl (C=O) groups is 2. The van der Waals surface area contributed by atoms with Crippen LogP contribution in [0.3, 0.4) is 0 Å². The van der Waals surface area contributed by atoms with Gasteiger partial charge >= 0.3 is 0 Å². The number of benzene rings is 1. The second-order valence-corrected chi connectivity index (χ2v) is 7.70. The summed E-state index contributed by atoms with van der Waals surface area (Å²) in [6, 6.07) is 6.49. The Bertz CT molecular complexity index is 677. The summed E-state index contributed by atoms with van der Waals surface area (Å²) in [5.41, 5.74) is 7.02. The number of likely N-dealkylation sites (tertiary alicyclic amines) is 1. The maximum atomic E-state index is 12.8. The minimum Gasteiger partial charge on any atom is -0.384 e. The molecule has 27 heavy (non-hydrogen) atoms. The first-order chi connectivity index (χ1) is 12.8. The average molecular weight is 391 g/mol. The van der Waals surface area contributed by atoms with E-state index in [1.165, 1.54) is 0 Å². The highest BCUT2D eigenvalue weighted by Crippen LogP contribution is 2.21. The van der Waals surface area contributed by atoms with Crippen molar-refractivity contribution in [2.45, 2.75) is 51.7 Å². The number of nitrogens with one attached hydrogen (secondary N) is 3. The molecule has 2 amide bonds. The van der Waals surface area contributed by atoms with E-state index in [1.807, 2.05) is 12.1 Å². The first kappa shape index (κ1) is 21.3. The van der Waals surface area contributed by atoms with Crippen molar-refractivity contribution in [1.29, 1.82) is 5.41 Å². The number of carbonyl (C=O) groups excluding carboxylic acids is 2. The van der Waals surface area contributed by atoms with Gasteiger partial charge in [0.05, 0.1) is 6.04 Å². The molecule has 1 saturated heterocycles. The minimum atomic E-state index is -0.415. The largest absolute Gasteiger partial charge is 0.384 e. The molecular weight excluding hydrogens is 361 g/mol. The summed E-state index contributed by atoms with van der Waals surface area (Å²) in [5.74, 6) is 0.273. The fourth-order valence-electron chi connectivity index (χ4n) is 3.32. The molecular formula is C19H30N5O2P. The molecule has 3 atom stereocenters. The monoisotopic (exact) mass is 391 g/mol. The van der Waals surface area contributed by atoms with Crippen LogP contribution in [0.5, 0.6) is 0 Å². The Kier molecular flexibility index (Phi) is 7.75. The molecule has 1 aliphatic heterocycles. The van der Waals surface area contributed by atoms with Gasteiger partial charge in [0.2, 0.25) is 11.8 Å². The third-order valence-electron chi connectivity index (χ3n) is 4.78. The molecule has 0 spiro atoms. The Morgan fingerprint density at radius 3 is 2.56 bits per heavy atom. The molecule has 2 rings (SSSR count). The van der Waals surface area contributed by atoms with Crippen molar-refractivity contribution in [3.63, 3.8) is 0 Å². The van der Waals surface area contributed by atoms with Crippen LogP contribution in [-0.4, -0.2) is 41.2 Å². The molecule has 0 aliphatic carbocycles. The number of rotatable bonds is 8. The van der Waals surface area contributed by atoms with Crippen LogP contribution in [0.25, 0.3) is 0 Å². The van der Waals surface area contributed by atoms with E-state index >= 15 is 0 Å². The van der Waals surface area contributed by atoms with Gasteiger partial charge in [0.1, 0.15) is 11.9 Å². The lowest BCUT2D eigenvalue weighted by Crippen LogP contribution is -2.51. The second kappa shape index (κ2) is 9.81. The van der Waals surface area contributed by atoms with Gasteiger partial charge in [0, 0.05) is 18.7 Å². The molecule has 7 nitrogen and oxygen atoms in total. The number of amides is 2. The lowest BCUT2D eigenvalue weighted by Gasteiger charge is -2.28. The van der Waals surface area contributed by atoms with Crippen LogP contribution in [0.2, 0.25) is 0 Å². The summed E-state index contributed by atoms with van der Waals surface area (Å²) in [6.07, 6.45) is 2.25. The Labute approximate surface area is 163 Å². The highest BCUT2D eigenvalue weighted by Gasteiger charge is 2.36. The van der Waals surface area contributed by atoms with E-state index in [0.29, 0.717) is 31.0 Å².